The van der Waals surface area contributed by atoms with E-state index in [1.807, 2.05) is 6.08 Å². The third-order valence-electron chi connectivity index (χ3n) is 9.51. The van der Waals surface area contributed by atoms with Crippen LogP contribution >= 0.6 is 11.8 Å². The maximum absolute atomic E-state index is 13.4. The summed E-state index contributed by atoms with van der Waals surface area (Å²) in [5, 5.41) is 10.7. The van der Waals surface area contributed by atoms with Crippen LogP contribution in [-0.2, 0) is 35.5 Å². The Morgan fingerprint density at radius 3 is 1.96 bits per heavy atom. The van der Waals surface area contributed by atoms with Gasteiger partial charge in [-0.15, -0.1) is 11.8 Å². The van der Waals surface area contributed by atoms with Crippen LogP contribution in [0, 0.1) is 11.3 Å². The van der Waals surface area contributed by atoms with Crippen molar-refractivity contribution >= 4 is 69.9 Å². The van der Waals surface area contributed by atoms with Crippen LogP contribution in [0.15, 0.2) is 65.2 Å². The molecule has 0 aromatic carbocycles. The lowest BCUT2D eigenvalue weighted by Crippen LogP contribution is -2.36. The second-order valence-corrected chi connectivity index (χ2v) is 14.3. The van der Waals surface area contributed by atoms with Crippen LogP contribution in [0.1, 0.15) is 51.2 Å². The van der Waals surface area contributed by atoms with Crippen molar-refractivity contribution in [1.29, 1.82) is 0 Å². The number of hydrogen-bond acceptors (Lipinski definition) is 8. The number of aliphatic imine (C=N–C) groups is 1. The number of ketones is 1. The number of carbonyl (C=O) groups is 6. The van der Waals surface area contributed by atoms with Gasteiger partial charge in [0.05, 0.1) is 17.1 Å². The molecule has 1 spiro atoms. The summed E-state index contributed by atoms with van der Waals surface area (Å²) in [4.78, 5) is 80.5. The van der Waals surface area contributed by atoms with Crippen LogP contribution in [0.5, 0.6) is 0 Å². The molecule has 15 nitrogen and oxygen atoms in total. The van der Waals surface area contributed by atoms with E-state index >= 15 is 0 Å². The van der Waals surface area contributed by atoms with Crippen molar-refractivity contribution in [2.45, 2.75) is 30.3 Å². The van der Waals surface area contributed by atoms with Gasteiger partial charge in [-0.1, -0.05) is 13.0 Å². The lowest BCUT2D eigenvalue weighted by molar-refractivity contribution is -0.118. The Morgan fingerprint density at radius 2 is 1.42 bits per heavy atom. The molecule has 0 radical (unpaired) electrons. The van der Waals surface area contributed by atoms with Crippen LogP contribution < -0.4 is 27.0 Å². The zero-order chi connectivity index (χ0) is 35.6. The number of allylic oxidation sites excluding steroid dienone is 1. The van der Waals surface area contributed by atoms with Gasteiger partial charge in [0, 0.05) is 75.4 Å². The van der Waals surface area contributed by atoms with E-state index in [0.29, 0.717) is 17.1 Å². The third-order valence-corrected chi connectivity index (χ3v) is 10.9. The second kappa shape index (κ2) is 12.0. The number of aromatic nitrogens is 3. The van der Waals surface area contributed by atoms with Gasteiger partial charge in [-0.05, 0) is 36.1 Å². The predicted molar refractivity (Wildman–Crippen MR) is 187 cm³/mol. The van der Waals surface area contributed by atoms with E-state index in [4.69, 9.17) is 5.73 Å². The second-order valence-electron chi connectivity index (χ2n) is 13.0. The number of Topliss-reactive ketones (excluding diaryl/α,β-unsaturated/α-hetero) is 1. The van der Waals surface area contributed by atoms with Crippen molar-refractivity contribution in [2.75, 3.05) is 22.5 Å². The Bertz CT molecular complexity index is 2130. The fraction of sp³-hybridized carbons (Fsp3) is 0.324. The van der Waals surface area contributed by atoms with E-state index in [2.05, 4.69) is 33.2 Å². The number of carbonyl (C=O) groups excluding carboxylic acids is 6. The molecule has 2 saturated carbocycles. The van der Waals surface area contributed by atoms with E-state index < -0.39 is 34.3 Å². The van der Waals surface area contributed by atoms with Gasteiger partial charge in [0.15, 0.2) is 5.78 Å². The number of aryl methyl sites for hydroxylation is 3. The molecule has 258 valence electrons. The van der Waals surface area contributed by atoms with E-state index in [9.17, 15) is 28.8 Å². The van der Waals surface area contributed by atoms with E-state index in [1.165, 1.54) is 12.1 Å². The fourth-order valence-electron chi connectivity index (χ4n) is 7.10. The van der Waals surface area contributed by atoms with Crippen molar-refractivity contribution in [3.05, 3.63) is 77.3 Å². The van der Waals surface area contributed by atoms with Gasteiger partial charge in [-0.2, -0.15) is 0 Å². The number of hydrogen-bond donors (Lipinski definition) is 5. The van der Waals surface area contributed by atoms with Gasteiger partial charge in [-0.3, -0.25) is 33.8 Å². The van der Waals surface area contributed by atoms with Gasteiger partial charge in [0.2, 0.25) is 11.8 Å². The number of amides is 5. The number of thioether (sulfide) groups is 1. The Labute approximate surface area is 290 Å². The molecular weight excluding hydrogens is 662 g/mol. The molecule has 3 aromatic rings. The first-order chi connectivity index (χ1) is 23.8. The quantitative estimate of drug-likeness (QED) is 0.200. The summed E-state index contributed by atoms with van der Waals surface area (Å²) in [5.74, 6) is -1.84. The highest BCUT2D eigenvalue weighted by molar-refractivity contribution is 8.01. The summed E-state index contributed by atoms with van der Waals surface area (Å²) in [6, 6.07) is 4.61. The van der Waals surface area contributed by atoms with Gasteiger partial charge in [0.25, 0.3) is 17.7 Å². The lowest BCUT2D eigenvalue weighted by Gasteiger charge is -2.32. The number of fused-ring (bicyclic) bond motifs is 1. The summed E-state index contributed by atoms with van der Waals surface area (Å²) in [6.45, 7) is 2.17. The molecule has 6 N–H and O–H groups in total. The lowest BCUT2D eigenvalue weighted by atomic mass is 9.73. The molecule has 5 heterocycles. The van der Waals surface area contributed by atoms with Crippen molar-refractivity contribution in [1.82, 2.24) is 19.0 Å². The van der Waals surface area contributed by atoms with Gasteiger partial charge in [0.1, 0.15) is 27.7 Å². The molecule has 2 fully saturated rings. The van der Waals surface area contributed by atoms with Crippen LogP contribution in [0.2, 0.25) is 0 Å². The Balaban J connectivity index is 0.972. The highest BCUT2D eigenvalue weighted by Crippen LogP contribution is 2.66. The molecule has 4 aliphatic rings. The zero-order valence-electron chi connectivity index (χ0n) is 27.7. The molecule has 2 aliphatic carbocycles. The zero-order valence-corrected chi connectivity index (χ0v) is 28.5. The van der Waals surface area contributed by atoms with Gasteiger partial charge >= 0.3 is 0 Å². The number of primary amides is 1. The van der Waals surface area contributed by atoms with Gasteiger partial charge < -0.3 is 40.7 Å². The molecule has 2 unspecified atom stereocenters. The number of nitrogens with zero attached hydrogens (tertiary/aromatic N) is 4. The molecule has 4 atom stereocenters. The van der Waals surface area contributed by atoms with Crippen molar-refractivity contribution in [3.8, 4) is 0 Å². The largest absolute Gasteiger partial charge is 0.370 e. The average molecular weight is 698 g/mol. The van der Waals surface area contributed by atoms with E-state index in [1.54, 1.807) is 77.5 Å². The molecule has 3 aromatic heterocycles. The Morgan fingerprint density at radius 1 is 0.880 bits per heavy atom. The predicted octanol–water partition coefficient (Wildman–Crippen LogP) is 2.11. The van der Waals surface area contributed by atoms with Crippen LogP contribution in [0.3, 0.4) is 0 Å². The first-order valence-electron chi connectivity index (χ1n) is 16.0. The SMILES string of the molecule is C[C@H]1C[C@H]2SC(C(=O)Nc3cc(C(=O)Nc4cc(C(=O)Nc5cc(C(=O)NCCC(N)=O)n(C)c5)n(C)c4)n(C)c3)C=C2C23C(=O)C2=CN=C13. The maximum Gasteiger partial charge on any atom is 0.272 e. The summed E-state index contributed by atoms with van der Waals surface area (Å²) >= 11 is 1.54. The first kappa shape index (κ1) is 32.9. The minimum atomic E-state index is -0.710. The van der Waals surface area contributed by atoms with E-state index in [0.717, 1.165) is 23.3 Å². The van der Waals surface area contributed by atoms with Gasteiger partial charge in [-0.25, -0.2) is 0 Å². The van der Waals surface area contributed by atoms with Crippen LogP contribution in [-0.4, -0.2) is 71.8 Å². The third kappa shape index (κ3) is 5.45. The minimum Gasteiger partial charge on any atom is -0.370 e. The molecule has 2 aliphatic heterocycles. The van der Waals surface area contributed by atoms with E-state index in [-0.39, 0.29) is 52.9 Å². The van der Waals surface area contributed by atoms with Crippen molar-refractivity contribution in [2.24, 2.45) is 43.2 Å². The smallest absolute Gasteiger partial charge is 0.272 e. The molecule has 7 rings (SSSR count). The fourth-order valence-corrected chi connectivity index (χ4v) is 8.66. The Kier molecular flexibility index (Phi) is 7.92. The Hall–Kier alpha value is -5.64. The highest BCUT2D eigenvalue weighted by atomic mass is 32.2. The molecule has 16 heteroatoms. The molecule has 5 amide bonds. The summed E-state index contributed by atoms with van der Waals surface area (Å²) < 4.78 is 4.70. The normalized spacial score (nSPS) is 22.8. The van der Waals surface area contributed by atoms with Crippen LogP contribution in [0.25, 0.3) is 0 Å². The molecule has 0 bridgehead atoms. The number of nitrogens with two attached hydrogens (primary N) is 1. The number of rotatable bonds is 10. The minimum absolute atomic E-state index is 0.00737. The average Bonchev–Trinajstić information content (AvgIpc) is 3.72. The van der Waals surface area contributed by atoms with Crippen molar-refractivity contribution in [3.63, 3.8) is 0 Å². The summed E-state index contributed by atoms with van der Waals surface area (Å²) in [5.41, 5.74) is 9.03. The molecular formula is C34H35N9O6S. The molecule has 50 heavy (non-hydrogen) atoms. The first-order valence-corrected chi connectivity index (χ1v) is 16.9. The number of anilines is 3. The maximum atomic E-state index is 13.4. The standard InChI is InChI=1S/C34H35N9O6S/c1-16-7-25-20(34-21(29(34)45)12-37-28(16)34)11-26(50-25)33(49)40-19-10-24(43(4)15-19)32(48)39-18-9-23(42(3)14-18)31(47)38-17-8-22(41(2)13-17)30(46)36-6-5-27(35)44/h8-16,25-26H,5-7H2,1-4H3,(H2,35,44)(H,36,46)(H,38,47)(H,39,48)(H,40,49)/t16-,25+,26?,34?/m0/s1. The number of nitrogens with one attached hydrogen (secondary N) is 4. The highest BCUT2D eigenvalue weighted by Gasteiger charge is 2.72. The monoisotopic (exact) mass is 697 g/mol. The van der Waals surface area contributed by atoms with Crippen molar-refractivity contribution < 1.29 is 28.8 Å². The topological polar surface area (TPSA) is 204 Å². The summed E-state index contributed by atoms with van der Waals surface area (Å²) in [6.07, 6.45) is 9.24. The van der Waals surface area contributed by atoms with Crippen LogP contribution in [0.4, 0.5) is 17.1 Å². The molecule has 0 saturated heterocycles. The summed E-state index contributed by atoms with van der Waals surface area (Å²) in [7, 11) is 5.00.